The largest absolute Gasteiger partial charge is 0.497 e. The fraction of sp³-hybridized carbons (Fsp3) is 0.263. The number of methoxy groups -OCH3 is 1. The van der Waals surface area contributed by atoms with Crippen LogP contribution in [-0.2, 0) is 6.42 Å². The molecule has 0 heterocycles. The minimum Gasteiger partial charge on any atom is -0.497 e. The van der Waals surface area contributed by atoms with Gasteiger partial charge in [-0.3, -0.25) is 0 Å². The van der Waals surface area contributed by atoms with Gasteiger partial charge in [-0.15, -0.1) is 0 Å². The highest BCUT2D eigenvalue weighted by atomic mass is 16.5. The lowest BCUT2D eigenvalue weighted by Crippen LogP contribution is -1.90. The zero-order valence-corrected chi connectivity index (χ0v) is 12.3. The van der Waals surface area contributed by atoms with E-state index in [2.05, 4.69) is 61.5 Å². The second-order valence-electron chi connectivity index (χ2n) is 5.01. The minimum absolute atomic E-state index is 0.441. The molecule has 2 rings (SSSR count). The Kier molecular flexibility index (Phi) is 5.43. The summed E-state index contributed by atoms with van der Waals surface area (Å²) in [6.07, 6.45) is 6.75. The predicted octanol–water partition coefficient (Wildman–Crippen LogP) is 4.99. The lowest BCUT2D eigenvalue weighted by molar-refractivity contribution is 0.414. The van der Waals surface area contributed by atoms with Crippen LogP contribution in [0, 0.1) is 0 Å². The topological polar surface area (TPSA) is 9.23 Å². The second kappa shape index (κ2) is 7.54. The van der Waals surface area contributed by atoms with Gasteiger partial charge < -0.3 is 4.74 Å². The Morgan fingerprint density at radius 2 is 1.70 bits per heavy atom. The zero-order valence-electron chi connectivity index (χ0n) is 12.3. The first-order chi connectivity index (χ1) is 9.79. The molecule has 0 saturated carbocycles. The van der Waals surface area contributed by atoms with Crippen molar-refractivity contribution in [1.82, 2.24) is 0 Å². The van der Waals surface area contributed by atoms with Gasteiger partial charge in [0, 0.05) is 0 Å². The molecule has 0 N–H and O–H groups in total. The Morgan fingerprint density at radius 1 is 1.00 bits per heavy atom. The molecule has 0 aliphatic heterocycles. The summed E-state index contributed by atoms with van der Waals surface area (Å²) in [5.74, 6) is 1.35. The molecule has 0 amide bonds. The second-order valence-corrected chi connectivity index (χ2v) is 5.01. The van der Waals surface area contributed by atoms with Crippen molar-refractivity contribution < 1.29 is 4.74 Å². The van der Waals surface area contributed by atoms with Gasteiger partial charge >= 0.3 is 0 Å². The van der Waals surface area contributed by atoms with Gasteiger partial charge in [-0.05, 0) is 42.0 Å². The summed E-state index contributed by atoms with van der Waals surface area (Å²) < 4.78 is 5.18. The SMILES string of the molecule is COc1ccc(C(C)/C=C/CCc2ccccc2)cc1. The molecule has 1 atom stereocenters. The normalized spacial score (nSPS) is 12.5. The smallest absolute Gasteiger partial charge is 0.118 e. The molecule has 0 aliphatic carbocycles. The van der Waals surface area contributed by atoms with E-state index in [1.165, 1.54) is 11.1 Å². The zero-order chi connectivity index (χ0) is 14.2. The summed E-state index contributed by atoms with van der Waals surface area (Å²) in [6.45, 7) is 2.22. The van der Waals surface area contributed by atoms with E-state index in [4.69, 9.17) is 4.74 Å². The first-order valence-corrected chi connectivity index (χ1v) is 7.14. The summed E-state index contributed by atoms with van der Waals surface area (Å²) in [5.41, 5.74) is 2.72. The van der Waals surface area contributed by atoms with Crippen molar-refractivity contribution in [2.24, 2.45) is 0 Å². The lowest BCUT2D eigenvalue weighted by atomic mass is 10.00. The summed E-state index contributed by atoms with van der Waals surface area (Å²) in [7, 11) is 1.70. The van der Waals surface area contributed by atoms with Crippen molar-refractivity contribution in [3.8, 4) is 5.75 Å². The maximum atomic E-state index is 5.18. The quantitative estimate of drug-likeness (QED) is 0.669. The van der Waals surface area contributed by atoms with Gasteiger partial charge in [0.15, 0.2) is 0 Å². The van der Waals surface area contributed by atoms with Crippen molar-refractivity contribution in [3.63, 3.8) is 0 Å². The van der Waals surface area contributed by atoms with E-state index in [0.717, 1.165) is 18.6 Å². The maximum Gasteiger partial charge on any atom is 0.118 e. The average molecular weight is 266 g/mol. The predicted molar refractivity (Wildman–Crippen MR) is 85.3 cm³/mol. The van der Waals surface area contributed by atoms with E-state index in [0.29, 0.717) is 5.92 Å². The van der Waals surface area contributed by atoms with Gasteiger partial charge in [0.25, 0.3) is 0 Å². The molecular formula is C19H22O. The van der Waals surface area contributed by atoms with Gasteiger partial charge in [0.2, 0.25) is 0 Å². The summed E-state index contributed by atoms with van der Waals surface area (Å²) in [4.78, 5) is 0. The van der Waals surface area contributed by atoms with Crippen LogP contribution >= 0.6 is 0 Å². The first kappa shape index (κ1) is 14.4. The minimum atomic E-state index is 0.441. The highest BCUT2D eigenvalue weighted by Crippen LogP contribution is 2.20. The van der Waals surface area contributed by atoms with Crippen molar-refractivity contribution in [1.29, 1.82) is 0 Å². The van der Waals surface area contributed by atoms with Gasteiger partial charge in [-0.1, -0.05) is 61.5 Å². The molecule has 1 heteroatoms. The van der Waals surface area contributed by atoms with Gasteiger partial charge in [0.05, 0.1) is 7.11 Å². The van der Waals surface area contributed by atoms with Crippen LogP contribution in [0.2, 0.25) is 0 Å². The number of allylic oxidation sites excluding steroid dienone is 2. The molecular weight excluding hydrogens is 244 g/mol. The molecule has 0 fully saturated rings. The number of ether oxygens (including phenoxy) is 1. The molecule has 1 nitrogen and oxygen atoms in total. The summed E-state index contributed by atoms with van der Waals surface area (Å²) in [6, 6.07) is 18.9. The Morgan fingerprint density at radius 3 is 2.35 bits per heavy atom. The molecule has 1 unspecified atom stereocenters. The monoisotopic (exact) mass is 266 g/mol. The molecule has 104 valence electrons. The van der Waals surface area contributed by atoms with Crippen LogP contribution in [0.25, 0.3) is 0 Å². The molecule has 0 aromatic heterocycles. The van der Waals surface area contributed by atoms with E-state index in [1.54, 1.807) is 7.11 Å². The van der Waals surface area contributed by atoms with Gasteiger partial charge in [-0.25, -0.2) is 0 Å². The van der Waals surface area contributed by atoms with Crippen LogP contribution in [0.3, 0.4) is 0 Å². The molecule has 2 aromatic rings. The highest BCUT2D eigenvalue weighted by molar-refractivity contribution is 5.31. The highest BCUT2D eigenvalue weighted by Gasteiger charge is 2.01. The molecule has 2 aromatic carbocycles. The number of hydrogen-bond donors (Lipinski definition) is 0. The van der Waals surface area contributed by atoms with Gasteiger partial charge in [0.1, 0.15) is 5.75 Å². The molecule has 0 aliphatic rings. The number of benzene rings is 2. The van der Waals surface area contributed by atoms with Crippen LogP contribution in [0.4, 0.5) is 0 Å². The van der Waals surface area contributed by atoms with E-state index in [-0.39, 0.29) is 0 Å². The van der Waals surface area contributed by atoms with Crippen molar-refractivity contribution in [2.45, 2.75) is 25.7 Å². The van der Waals surface area contributed by atoms with E-state index < -0.39 is 0 Å². The summed E-state index contributed by atoms with van der Waals surface area (Å²) in [5, 5.41) is 0. The van der Waals surface area contributed by atoms with Crippen LogP contribution in [-0.4, -0.2) is 7.11 Å². The molecule has 0 saturated heterocycles. The van der Waals surface area contributed by atoms with Crippen molar-refractivity contribution in [3.05, 3.63) is 77.9 Å². The van der Waals surface area contributed by atoms with Gasteiger partial charge in [-0.2, -0.15) is 0 Å². The number of aryl methyl sites for hydroxylation is 1. The number of rotatable bonds is 6. The molecule has 20 heavy (non-hydrogen) atoms. The Balaban J connectivity index is 1.84. The standard InChI is InChI=1S/C19H22O/c1-16(18-12-14-19(20-2)15-13-18)8-6-7-11-17-9-4-3-5-10-17/h3-6,8-10,12-16H,7,11H2,1-2H3/b8-6+. The molecule has 0 bridgehead atoms. The fourth-order valence-corrected chi connectivity index (χ4v) is 2.21. The van der Waals surface area contributed by atoms with Crippen LogP contribution < -0.4 is 4.74 Å². The van der Waals surface area contributed by atoms with Crippen LogP contribution in [0.5, 0.6) is 5.75 Å². The van der Waals surface area contributed by atoms with E-state index >= 15 is 0 Å². The Bertz CT molecular complexity index is 525. The third-order valence-corrected chi connectivity index (χ3v) is 3.51. The van der Waals surface area contributed by atoms with E-state index in [9.17, 15) is 0 Å². The summed E-state index contributed by atoms with van der Waals surface area (Å²) >= 11 is 0. The maximum absolute atomic E-state index is 5.18. The third-order valence-electron chi connectivity index (χ3n) is 3.51. The van der Waals surface area contributed by atoms with Crippen LogP contribution in [0.15, 0.2) is 66.7 Å². The van der Waals surface area contributed by atoms with Crippen molar-refractivity contribution >= 4 is 0 Å². The fourth-order valence-electron chi connectivity index (χ4n) is 2.21. The third kappa shape index (κ3) is 4.27. The van der Waals surface area contributed by atoms with Crippen molar-refractivity contribution in [2.75, 3.05) is 7.11 Å². The number of hydrogen-bond acceptors (Lipinski definition) is 1. The Labute approximate surface area is 121 Å². The molecule has 0 radical (unpaired) electrons. The first-order valence-electron chi connectivity index (χ1n) is 7.14. The Hall–Kier alpha value is -2.02. The molecule has 0 spiro atoms. The lowest BCUT2D eigenvalue weighted by Gasteiger charge is -2.07. The van der Waals surface area contributed by atoms with E-state index in [1.807, 2.05) is 12.1 Å². The average Bonchev–Trinajstić information content (AvgIpc) is 2.52. The van der Waals surface area contributed by atoms with Crippen LogP contribution in [0.1, 0.15) is 30.4 Å².